The van der Waals surface area contributed by atoms with Gasteiger partial charge in [-0.05, 0) is 44.6 Å². The minimum Gasteiger partial charge on any atom is -0.465 e. The summed E-state index contributed by atoms with van der Waals surface area (Å²) < 4.78 is 7.26. The van der Waals surface area contributed by atoms with Crippen LogP contribution in [0.25, 0.3) is 0 Å². The summed E-state index contributed by atoms with van der Waals surface area (Å²) >= 11 is 0. The number of hydrogen-bond acceptors (Lipinski definition) is 5. The van der Waals surface area contributed by atoms with Crippen molar-refractivity contribution >= 4 is 11.9 Å². The number of aromatic nitrogens is 3. The van der Waals surface area contributed by atoms with Crippen molar-refractivity contribution in [2.45, 2.75) is 64.1 Å². The Labute approximate surface area is 171 Å². The van der Waals surface area contributed by atoms with E-state index in [4.69, 9.17) is 4.74 Å². The van der Waals surface area contributed by atoms with Crippen molar-refractivity contribution in [1.82, 2.24) is 19.7 Å². The van der Waals surface area contributed by atoms with Gasteiger partial charge in [0.1, 0.15) is 12.7 Å². The number of nitrogens with zero attached hydrogens (tertiary/aromatic N) is 4. The highest BCUT2D eigenvalue weighted by molar-refractivity contribution is 5.84. The predicted molar refractivity (Wildman–Crippen MR) is 107 cm³/mol. The third-order valence-corrected chi connectivity index (χ3v) is 6.32. The maximum atomic E-state index is 13.1. The van der Waals surface area contributed by atoms with Crippen LogP contribution in [0, 0.1) is 5.41 Å². The van der Waals surface area contributed by atoms with E-state index in [9.17, 15) is 9.59 Å². The van der Waals surface area contributed by atoms with Gasteiger partial charge >= 0.3 is 5.97 Å². The molecule has 2 bridgehead atoms. The SMILES string of the molecule is CCOC(=O)[C@@]1(Cc2ccccc2)C[C@H]2CC[C@@H]1N2C(=O)CCCn1cncn1. The molecule has 1 amide bonds. The Morgan fingerprint density at radius 3 is 2.79 bits per heavy atom. The van der Waals surface area contributed by atoms with Crippen molar-refractivity contribution < 1.29 is 14.3 Å². The smallest absolute Gasteiger partial charge is 0.314 e. The van der Waals surface area contributed by atoms with Gasteiger partial charge in [0.2, 0.25) is 5.91 Å². The second-order valence-corrected chi connectivity index (χ2v) is 8.05. The minimum atomic E-state index is -0.637. The molecule has 0 spiro atoms. The van der Waals surface area contributed by atoms with E-state index in [1.165, 1.54) is 6.33 Å². The molecule has 0 saturated carbocycles. The van der Waals surface area contributed by atoms with Crippen LogP contribution in [-0.2, 0) is 27.3 Å². The topological polar surface area (TPSA) is 77.3 Å². The fraction of sp³-hybridized carbons (Fsp3) is 0.545. The number of rotatable bonds is 8. The molecule has 2 aliphatic heterocycles. The molecule has 154 valence electrons. The zero-order chi connectivity index (χ0) is 20.3. The van der Waals surface area contributed by atoms with Crippen molar-refractivity contribution in [2.24, 2.45) is 5.41 Å². The molecule has 4 rings (SSSR count). The molecular formula is C22H28N4O3. The number of fused-ring (bicyclic) bond motifs is 2. The summed E-state index contributed by atoms with van der Waals surface area (Å²) in [6, 6.07) is 10.1. The molecule has 29 heavy (non-hydrogen) atoms. The van der Waals surface area contributed by atoms with Crippen LogP contribution in [0.15, 0.2) is 43.0 Å². The largest absolute Gasteiger partial charge is 0.465 e. The Balaban J connectivity index is 1.50. The van der Waals surface area contributed by atoms with E-state index in [1.54, 1.807) is 11.0 Å². The van der Waals surface area contributed by atoms with Crippen molar-refractivity contribution in [3.8, 4) is 0 Å². The van der Waals surface area contributed by atoms with Crippen LogP contribution < -0.4 is 0 Å². The minimum absolute atomic E-state index is 0.0781. The molecule has 0 N–H and O–H groups in total. The average molecular weight is 396 g/mol. The zero-order valence-corrected chi connectivity index (χ0v) is 16.9. The molecule has 2 aliphatic rings. The second-order valence-electron chi connectivity index (χ2n) is 8.05. The average Bonchev–Trinajstić information content (AvgIpc) is 3.44. The monoisotopic (exact) mass is 396 g/mol. The number of hydrogen-bond donors (Lipinski definition) is 0. The van der Waals surface area contributed by atoms with Crippen molar-refractivity contribution in [3.63, 3.8) is 0 Å². The third kappa shape index (κ3) is 3.78. The van der Waals surface area contributed by atoms with E-state index in [2.05, 4.69) is 22.2 Å². The van der Waals surface area contributed by atoms with Gasteiger partial charge in [-0.1, -0.05) is 30.3 Å². The maximum Gasteiger partial charge on any atom is 0.314 e. The molecule has 1 aromatic carbocycles. The first-order valence-electron chi connectivity index (χ1n) is 10.5. The third-order valence-electron chi connectivity index (χ3n) is 6.32. The van der Waals surface area contributed by atoms with Gasteiger partial charge < -0.3 is 9.64 Å². The number of aryl methyl sites for hydroxylation is 1. The number of ether oxygens (including phenoxy) is 1. The summed E-state index contributed by atoms with van der Waals surface area (Å²) in [5, 5.41) is 4.09. The van der Waals surface area contributed by atoms with Crippen molar-refractivity contribution in [1.29, 1.82) is 0 Å². The molecule has 1 aromatic heterocycles. The fourth-order valence-corrected chi connectivity index (χ4v) is 5.15. The first-order valence-corrected chi connectivity index (χ1v) is 10.5. The number of carbonyl (C=O) groups excluding carboxylic acids is 2. The lowest BCUT2D eigenvalue weighted by Crippen LogP contribution is -2.47. The summed E-state index contributed by atoms with van der Waals surface area (Å²) in [6.45, 7) is 2.87. The molecule has 0 radical (unpaired) electrons. The highest BCUT2D eigenvalue weighted by Crippen LogP contribution is 2.52. The summed E-state index contributed by atoms with van der Waals surface area (Å²) in [4.78, 5) is 32.1. The molecular weight excluding hydrogens is 368 g/mol. The first-order chi connectivity index (χ1) is 14.1. The standard InChI is InChI=1S/C22H28N4O3/c1-2-29-21(28)22(13-17-7-4-3-5-8-17)14-18-10-11-19(22)26(18)20(27)9-6-12-25-16-23-15-24-25/h3-5,7-8,15-16,18-19H,2,6,9-14H2,1H3/t18-,19+,22+/m1/s1. The van der Waals surface area contributed by atoms with Gasteiger partial charge in [0.05, 0.1) is 12.0 Å². The molecule has 0 unspecified atom stereocenters. The fourth-order valence-electron chi connectivity index (χ4n) is 5.15. The zero-order valence-electron chi connectivity index (χ0n) is 16.9. The summed E-state index contributed by atoms with van der Waals surface area (Å²) in [5.41, 5.74) is 0.480. The van der Waals surface area contributed by atoms with Gasteiger partial charge in [-0.25, -0.2) is 4.98 Å². The Morgan fingerprint density at radius 2 is 2.07 bits per heavy atom. The van der Waals surface area contributed by atoms with Crippen LogP contribution in [0.2, 0.25) is 0 Å². The van der Waals surface area contributed by atoms with E-state index in [1.807, 2.05) is 30.0 Å². The number of carbonyl (C=O) groups is 2. The van der Waals surface area contributed by atoms with Gasteiger partial charge in [0.25, 0.3) is 0 Å². The Bertz CT molecular complexity index is 839. The lowest BCUT2D eigenvalue weighted by Gasteiger charge is -2.35. The first kappa shape index (κ1) is 19.6. The summed E-state index contributed by atoms with van der Waals surface area (Å²) in [7, 11) is 0. The predicted octanol–water partition coefficient (Wildman–Crippen LogP) is 2.61. The quantitative estimate of drug-likeness (QED) is 0.641. The number of amides is 1. The lowest BCUT2D eigenvalue weighted by molar-refractivity contribution is -0.158. The van der Waals surface area contributed by atoms with Crippen LogP contribution >= 0.6 is 0 Å². The second kappa shape index (κ2) is 8.35. The summed E-state index contributed by atoms with van der Waals surface area (Å²) in [5.74, 6) is -0.0201. The van der Waals surface area contributed by atoms with Crippen LogP contribution in [0.3, 0.4) is 0 Å². The molecule has 7 heteroatoms. The van der Waals surface area contributed by atoms with E-state index in [0.29, 0.717) is 38.8 Å². The normalized spacial score (nSPS) is 25.3. The Hall–Kier alpha value is -2.70. The van der Waals surface area contributed by atoms with Gasteiger partial charge in [-0.15, -0.1) is 0 Å². The van der Waals surface area contributed by atoms with Gasteiger partial charge in [-0.2, -0.15) is 5.10 Å². The highest BCUT2D eigenvalue weighted by Gasteiger charge is 2.61. The Kier molecular flexibility index (Phi) is 5.65. The molecule has 2 aromatic rings. The lowest BCUT2D eigenvalue weighted by atomic mass is 9.70. The molecule has 2 fully saturated rings. The van der Waals surface area contributed by atoms with Crippen molar-refractivity contribution in [3.05, 3.63) is 48.5 Å². The van der Waals surface area contributed by atoms with Gasteiger partial charge in [-0.3, -0.25) is 14.3 Å². The number of esters is 1. The van der Waals surface area contributed by atoms with E-state index in [-0.39, 0.29) is 24.0 Å². The van der Waals surface area contributed by atoms with Gasteiger partial charge in [0.15, 0.2) is 0 Å². The highest BCUT2D eigenvalue weighted by atomic mass is 16.5. The van der Waals surface area contributed by atoms with Gasteiger partial charge in [0, 0.05) is 25.0 Å². The molecule has 0 aliphatic carbocycles. The number of benzene rings is 1. The Morgan fingerprint density at radius 1 is 1.24 bits per heavy atom. The van der Waals surface area contributed by atoms with Crippen LogP contribution in [0.1, 0.15) is 44.6 Å². The van der Waals surface area contributed by atoms with E-state index >= 15 is 0 Å². The molecule has 3 atom stereocenters. The van der Waals surface area contributed by atoms with Crippen LogP contribution in [0.4, 0.5) is 0 Å². The molecule has 2 saturated heterocycles. The van der Waals surface area contributed by atoms with Crippen LogP contribution in [0.5, 0.6) is 0 Å². The molecule has 7 nitrogen and oxygen atoms in total. The van der Waals surface area contributed by atoms with Crippen molar-refractivity contribution in [2.75, 3.05) is 6.61 Å². The molecule has 3 heterocycles. The van der Waals surface area contributed by atoms with Crippen LogP contribution in [-0.4, -0.2) is 50.2 Å². The summed E-state index contributed by atoms with van der Waals surface area (Å²) in [6.07, 6.45) is 7.48. The van der Waals surface area contributed by atoms with E-state index in [0.717, 1.165) is 18.4 Å². The van der Waals surface area contributed by atoms with E-state index < -0.39 is 5.41 Å². The maximum absolute atomic E-state index is 13.1.